The molecule has 0 rings (SSSR count). The second kappa shape index (κ2) is 5.48. The van der Waals surface area contributed by atoms with Gasteiger partial charge in [0.1, 0.15) is 0 Å². The SMILES string of the molecule is C=C(N)NCCCCC. The van der Waals surface area contributed by atoms with Crippen LogP contribution in [0, 0.1) is 0 Å². The molecule has 0 saturated heterocycles. The molecule has 54 valence electrons. The number of rotatable bonds is 5. The summed E-state index contributed by atoms with van der Waals surface area (Å²) in [5.41, 5.74) is 5.27. The fourth-order valence-electron chi connectivity index (χ4n) is 0.624. The van der Waals surface area contributed by atoms with Crippen molar-refractivity contribution in [1.29, 1.82) is 0 Å². The minimum absolute atomic E-state index is 0.575. The monoisotopic (exact) mass is 128 g/mol. The molecule has 0 unspecified atom stereocenters. The number of unbranched alkanes of at least 4 members (excludes halogenated alkanes) is 2. The summed E-state index contributed by atoms with van der Waals surface area (Å²) in [6.45, 7) is 6.66. The molecule has 3 N–H and O–H groups in total. The Bertz CT molecular complexity index is 79.0. The van der Waals surface area contributed by atoms with Gasteiger partial charge in [0, 0.05) is 6.54 Å². The number of hydrogen-bond acceptors (Lipinski definition) is 2. The summed E-state index contributed by atoms with van der Waals surface area (Å²) in [4.78, 5) is 0. The van der Waals surface area contributed by atoms with Gasteiger partial charge >= 0.3 is 0 Å². The fraction of sp³-hybridized carbons (Fsp3) is 0.714. The van der Waals surface area contributed by atoms with Crippen molar-refractivity contribution in [1.82, 2.24) is 5.32 Å². The van der Waals surface area contributed by atoms with Gasteiger partial charge in [-0.1, -0.05) is 26.3 Å². The minimum Gasteiger partial charge on any atom is -0.386 e. The van der Waals surface area contributed by atoms with E-state index in [0.717, 1.165) is 6.54 Å². The summed E-state index contributed by atoms with van der Waals surface area (Å²) in [5.74, 6) is 0.575. The summed E-state index contributed by atoms with van der Waals surface area (Å²) >= 11 is 0. The van der Waals surface area contributed by atoms with Crippen LogP contribution in [0.5, 0.6) is 0 Å². The van der Waals surface area contributed by atoms with Gasteiger partial charge in [0.2, 0.25) is 0 Å². The summed E-state index contributed by atoms with van der Waals surface area (Å²) in [6, 6.07) is 0. The van der Waals surface area contributed by atoms with Crippen molar-refractivity contribution in [3.8, 4) is 0 Å². The third-order valence-electron chi connectivity index (χ3n) is 1.13. The van der Waals surface area contributed by atoms with Crippen LogP contribution in [-0.2, 0) is 0 Å². The van der Waals surface area contributed by atoms with Gasteiger partial charge < -0.3 is 11.1 Å². The molecule has 0 spiro atoms. The highest BCUT2D eigenvalue weighted by Gasteiger charge is 1.84. The zero-order valence-electron chi connectivity index (χ0n) is 6.11. The first-order valence-corrected chi connectivity index (χ1v) is 3.45. The molecular weight excluding hydrogens is 112 g/mol. The van der Waals surface area contributed by atoms with Crippen LogP contribution in [-0.4, -0.2) is 6.54 Å². The van der Waals surface area contributed by atoms with Crippen LogP contribution in [0.2, 0.25) is 0 Å². The molecular formula is C7H16N2. The van der Waals surface area contributed by atoms with E-state index >= 15 is 0 Å². The van der Waals surface area contributed by atoms with Crippen molar-refractivity contribution in [3.05, 3.63) is 12.4 Å². The van der Waals surface area contributed by atoms with E-state index in [4.69, 9.17) is 5.73 Å². The van der Waals surface area contributed by atoms with Crippen LogP contribution in [0.4, 0.5) is 0 Å². The number of nitrogens with two attached hydrogens (primary N) is 1. The second-order valence-corrected chi connectivity index (χ2v) is 2.16. The maximum absolute atomic E-state index is 5.27. The second-order valence-electron chi connectivity index (χ2n) is 2.16. The first kappa shape index (κ1) is 8.34. The van der Waals surface area contributed by atoms with Crippen molar-refractivity contribution in [2.24, 2.45) is 5.73 Å². The predicted molar refractivity (Wildman–Crippen MR) is 40.9 cm³/mol. The Hall–Kier alpha value is -0.660. The van der Waals surface area contributed by atoms with E-state index in [2.05, 4.69) is 18.8 Å². The van der Waals surface area contributed by atoms with E-state index in [0.29, 0.717) is 5.82 Å². The fourth-order valence-corrected chi connectivity index (χ4v) is 0.624. The average Bonchev–Trinajstić information content (AvgIpc) is 1.80. The molecule has 2 heteroatoms. The molecule has 0 atom stereocenters. The van der Waals surface area contributed by atoms with Crippen molar-refractivity contribution in [3.63, 3.8) is 0 Å². The number of hydrogen-bond donors (Lipinski definition) is 2. The van der Waals surface area contributed by atoms with Gasteiger partial charge in [-0.15, -0.1) is 0 Å². The van der Waals surface area contributed by atoms with Crippen molar-refractivity contribution < 1.29 is 0 Å². The van der Waals surface area contributed by atoms with Gasteiger partial charge in [-0.05, 0) is 6.42 Å². The van der Waals surface area contributed by atoms with E-state index in [1.54, 1.807) is 0 Å². The molecule has 0 heterocycles. The molecule has 0 aliphatic rings. The minimum atomic E-state index is 0.575. The first-order valence-electron chi connectivity index (χ1n) is 3.45. The third kappa shape index (κ3) is 7.34. The van der Waals surface area contributed by atoms with Crippen LogP contribution in [0.25, 0.3) is 0 Å². The highest BCUT2D eigenvalue weighted by Crippen LogP contribution is 1.90. The molecule has 0 radical (unpaired) electrons. The van der Waals surface area contributed by atoms with E-state index in [1.807, 2.05) is 0 Å². The molecule has 0 bridgehead atoms. The van der Waals surface area contributed by atoms with Crippen LogP contribution < -0.4 is 11.1 Å². The molecule has 0 aromatic rings. The van der Waals surface area contributed by atoms with E-state index < -0.39 is 0 Å². The van der Waals surface area contributed by atoms with Crippen LogP contribution in [0.3, 0.4) is 0 Å². The highest BCUT2D eigenvalue weighted by atomic mass is 15.0. The zero-order chi connectivity index (χ0) is 7.11. The average molecular weight is 128 g/mol. The lowest BCUT2D eigenvalue weighted by molar-refractivity contribution is 0.665. The Morgan fingerprint density at radius 2 is 2.22 bits per heavy atom. The molecule has 2 nitrogen and oxygen atoms in total. The molecule has 0 aromatic heterocycles. The molecule has 0 aromatic carbocycles. The molecule has 0 amide bonds. The van der Waals surface area contributed by atoms with Gasteiger partial charge in [0.05, 0.1) is 5.82 Å². The lowest BCUT2D eigenvalue weighted by atomic mass is 10.2. The molecule has 0 saturated carbocycles. The van der Waals surface area contributed by atoms with Crippen LogP contribution >= 0.6 is 0 Å². The van der Waals surface area contributed by atoms with Gasteiger partial charge in [0.15, 0.2) is 0 Å². The van der Waals surface area contributed by atoms with E-state index in [9.17, 15) is 0 Å². The first-order chi connectivity index (χ1) is 4.27. The van der Waals surface area contributed by atoms with Gasteiger partial charge in [-0.3, -0.25) is 0 Å². The van der Waals surface area contributed by atoms with Gasteiger partial charge in [-0.2, -0.15) is 0 Å². The lowest BCUT2D eigenvalue weighted by Crippen LogP contribution is -2.19. The molecule has 0 aliphatic carbocycles. The van der Waals surface area contributed by atoms with Crippen LogP contribution in [0.1, 0.15) is 26.2 Å². The van der Waals surface area contributed by atoms with Crippen molar-refractivity contribution >= 4 is 0 Å². The Morgan fingerprint density at radius 1 is 1.56 bits per heavy atom. The van der Waals surface area contributed by atoms with E-state index in [-0.39, 0.29) is 0 Å². The van der Waals surface area contributed by atoms with Crippen molar-refractivity contribution in [2.45, 2.75) is 26.2 Å². The quantitative estimate of drug-likeness (QED) is 0.546. The Kier molecular flexibility index (Phi) is 5.07. The standard InChI is InChI=1S/C7H16N2/c1-3-4-5-6-9-7(2)8/h9H,2-6,8H2,1H3. The van der Waals surface area contributed by atoms with E-state index in [1.165, 1.54) is 19.3 Å². The smallest absolute Gasteiger partial charge is 0.0885 e. The van der Waals surface area contributed by atoms with Crippen LogP contribution in [0.15, 0.2) is 12.4 Å². The zero-order valence-corrected chi connectivity index (χ0v) is 6.11. The highest BCUT2D eigenvalue weighted by molar-refractivity contribution is 4.81. The maximum Gasteiger partial charge on any atom is 0.0885 e. The molecule has 0 aliphatic heterocycles. The van der Waals surface area contributed by atoms with Gasteiger partial charge in [-0.25, -0.2) is 0 Å². The maximum atomic E-state index is 5.27. The molecule has 9 heavy (non-hydrogen) atoms. The Labute approximate surface area is 57.1 Å². The molecule has 0 fully saturated rings. The lowest BCUT2D eigenvalue weighted by Gasteiger charge is -2.02. The predicted octanol–water partition coefficient (Wildman–Crippen LogP) is 1.20. The summed E-state index contributed by atoms with van der Waals surface area (Å²) in [7, 11) is 0. The van der Waals surface area contributed by atoms with Crippen molar-refractivity contribution in [2.75, 3.05) is 6.54 Å². The number of nitrogens with one attached hydrogen (secondary N) is 1. The third-order valence-corrected chi connectivity index (χ3v) is 1.13. The normalized spacial score (nSPS) is 9.00. The summed E-state index contributed by atoms with van der Waals surface area (Å²) in [5, 5.41) is 2.96. The summed E-state index contributed by atoms with van der Waals surface area (Å²) < 4.78 is 0. The van der Waals surface area contributed by atoms with Gasteiger partial charge in [0.25, 0.3) is 0 Å². The Balaban J connectivity index is 2.83. The Morgan fingerprint density at radius 3 is 2.67 bits per heavy atom. The summed E-state index contributed by atoms with van der Waals surface area (Å²) in [6.07, 6.45) is 3.70. The topological polar surface area (TPSA) is 38.0 Å². The largest absolute Gasteiger partial charge is 0.386 e.